The zero-order valence-corrected chi connectivity index (χ0v) is 17.5. The maximum absolute atomic E-state index is 13.9. The lowest BCUT2D eigenvalue weighted by Crippen LogP contribution is -2.38. The number of rotatable bonds is 7. The van der Waals surface area contributed by atoms with Gasteiger partial charge in [0.15, 0.2) is 5.11 Å². The van der Waals surface area contributed by atoms with Gasteiger partial charge in [0.05, 0.1) is 40.9 Å². The first-order chi connectivity index (χ1) is 13.6. The Morgan fingerprint density at radius 3 is 2.55 bits per heavy atom. The predicted octanol–water partition coefficient (Wildman–Crippen LogP) is 4.99. The molecule has 2 aromatic rings. The first kappa shape index (κ1) is 22.9. The summed E-state index contributed by atoms with van der Waals surface area (Å²) in [5.74, 6) is -5.35. The van der Waals surface area contributed by atoms with Gasteiger partial charge in [0.2, 0.25) is 0 Å². The van der Waals surface area contributed by atoms with Crippen LogP contribution in [0.5, 0.6) is 0 Å². The maximum atomic E-state index is 13.9. The van der Waals surface area contributed by atoms with Gasteiger partial charge >= 0.3 is 11.9 Å². The van der Waals surface area contributed by atoms with Gasteiger partial charge in [0, 0.05) is 5.02 Å². The van der Waals surface area contributed by atoms with Crippen molar-refractivity contribution in [3.8, 4) is 0 Å². The fraction of sp³-hybridized carbons (Fsp3) is 0.222. The van der Waals surface area contributed by atoms with Crippen LogP contribution in [-0.4, -0.2) is 30.2 Å². The van der Waals surface area contributed by atoms with E-state index in [1.54, 1.807) is 30.3 Å². The van der Waals surface area contributed by atoms with Crippen molar-refractivity contribution in [2.24, 2.45) is 0 Å². The molecule has 0 saturated heterocycles. The molecule has 0 aliphatic heterocycles. The van der Waals surface area contributed by atoms with Crippen molar-refractivity contribution in [1.82, 2.24) is 0 Å². The Morgan fingerprint density at radius 1 is 1.21 bits per heavy atom. The number of nitrogen functional groups attached to an aromatic ring is 1. The maximum Gasteiger partial charge on any atom is 0.378 e. The molecule has 0 radical (unpaired) electrons. The van der Waals surface area contributed by atoms with Gasteiger partial charge in [-0.3, -0.25) is 0 Å². The Labute approximate surface area is 181 Å². The monoisotopic (exact) mass is 462 g/mol. The van der Waals surface area contributed by atoms with Crippen molar-refractivity contribution in [1.29, 1.82) is 0 Å². The number of hydrogen-bond donors (Lipinski definition) is 4. The van der Waals surface area contributed by atoms with E-state index in [0.717, 1.165) is 0 Å². The molecule has 0 aliphatic carbocycles. The zero-order chi connectivity index (χ0) is 21.6. The summed E-state index contributed by atoms with van der Waals surface area (Å²) in [7, 11) is 0. The van der Waals surface area contributed by atoms with Crippen molar-refractivity contribution in [3.63, 3.8) is 0 Å². The first-order valence-corrected chi connectivity index (χ1v) is 9.51. The summed E-state index contributed by atoms with van der Waals surface area (Å²) in [6.45, 7) is 0.291. The minimum atomic E-state index is -3.73. The number of esters is 1. The van der Waals surface area contributed by atoms with E-state index in [-0.39, 0.29) is 23.1 Å². The largest absolute Gasteiger partial charge is 0.462 e. The van der Waals surface area contributed by atoms with Gasteiger partial charge in [0.1, 0.15) is 0 Å². The van der Waals surface area contributed by atoms with Crippen LogP contribution in [0.3, 0.4) is 0 Å². The lowest BCUT2D eigenvalue weighted by atomic mass is 10.2. The number of thiocarbonyl (C=S) groups is 1. The Balaban J connectivity index is 2.12. The highest BCUT2D eigenvalue weighted by Gasteiger charge is 2.40. The Bertz CT molecular complexity index is 915. The number of para-hydroxylation sites is 1. The highest BCUT2D eigenvalue weighted by Crippen LogP contribution is 2.31. The van der Waals surface area contributed by atoms with Gasteiger partial charge < -0.3 is 26.4 Å². The summed E-state index contributed by atoms with van der Waals surface area (Å²) < 4.78 is 32.2. The number of nitrogens with two attached hydrogens (primary N) is 1. The number of carbonyl (C=O) groups is 1. The smallest absolute Gasteiger partial charge is 0.378 e. The van der Waals surface area contributed by atoms with Gasteiger partial charge in [-0.2, -0.15) is 8.78 Å². The van der Waals surface area contributed by atoms with E-state index >= 15 is 0 Å². The van der Waals surface area contributed by atoms with Gasteiger partial charge in [0.25, 0.3) is 0 Å². The molecule has 0 spiro atoms. The predicted molar refractivity (Wildman–Crippen MR) is 117 cm³/mol. The number of nitrogens with one attached hydrogen (secondary N) is 3. The number of hydrogen-bond acceptors (Lipinski definition) is 5. The molecule has 5 N–H and O–H groups in total. The van der Waals surface area contributed by atoms with Crippen molar-refractivity contribution < 1.29 is 18.3 Å². The van der Waals surface area contributed by atoms with Gasteiger partial charge in [-0.05, 0) is 49.5 Å². The van der Waals surface area contributed by atoms with Crippen LogP contribution in [0.15, 0.2) is 36.4 Å². The Kier molecular flexibility index (Phi) is 7.83. The van der Waals surface area contributed by atoms with Crippen molar-refractivity contribution >= 4 is 69.3 Å². The average Bonchev–Trinajstić information content (AvgIpc) is 2.63. The highest BCUT2D eigenvalue weighted by atomic mass is 35.5. The standard InChI is InChI=1S/C18H18Cl2F2N4O2S/c1-2-28-16(27)18(21,22)9-24-15-12(23)4-3-5-14(15)26-17(29)25-13-7-6-10(19)8-11(13)20/h3-8,24H,2,9,23H2,1H3,(H2,25,26,29). The highest BCUT2D eigenvalue weighted by molar-refractivity contribution is 7.80. The minimum absolute atomic E-state index is 0.139. The van der Waals surface area contributed by atoms with Crippen LogP contribution in [0.25, 0.3) is 0 Å². The van der Waals surface area contributed by atoms with Crippen LogP contribution in [-0.2, 0) is 9.53 Å². The number of alkyl halides is 2. The number of ether oxygens (including phenoxy) is 1. The molecule has 0 heterocycles. The SMILES string of the molecule is CCOC(=O)C(F)(F)CNc1c(N)cccc1NC(=S)Nc1ccc(Cl)cc1Cl. The average molecular weight is 463 g/mol. The molecule has 0 aliphatic rings. The molecule has 6 nitrogen and oxygen atoms in total. The third kappa shape index (κ3) is 6.31. The summed E-state index contributed by atoms with van der Waals surface area (Å²) in [6.07, 6.45) is 0. The second-order valence-electron chi connectivity index (χ2n) is 5.75. The second kappa shape index (κ2) is 9.91. The molecular weight excluding hydrogens is 445 g/mol. The molecule has 2 rings (SSSR count). The molecule has 0 aromatic heterocycles. The summed E-state index contributed by atoms with van der Waals surface area (Å²) in [4.78, 5) is 11.4. The fourth-order valence-electron chi connectivity index (χ4n) is 2.25. The Morgan fingerprint density at radius 2 is 1.90 bits per heavy atom. The zero-order valence-electron chi connectivity index (χ0n) is 15.2. The van der Waals surface area contributed by atoms with E-state index in [1.807, 2.05) is 0 Å². The van der Waals surface area contributed by atoms with Crippen molar-refractivity contribution in [2.45, 2.75) is 12.8 Å². The van der Waals surface area contributed by atoms with Crippen LogP contribution in [0.1, 0.15) is 6.92 Å². The van der Waals surface area contributed by atoms with Crippen LogP contribution in [0.2, 0.25) is 10.0 Å². The van der Waals surface area contributed by atoms with Gasteiger partial charge in [-0.15, -0.1) is 0 Å². The number of halogens is 4. The quantitative estimate of drug-likeness (QED) is 0.261. The topological polar surface area (TPSA) is 88.4 Å². The van der Waals surface area contributed by atoms with E-state index in [1.165, 1.54) is 13.0 Å². The third-order valence-electron chi connectivity index (χ3n) is 3.59. The van der Waals surface area contributed by atoms with Crippen molar-refractivity contribution in [3.05, 3.63) is 46.4 Å². The molecule has 0 atom stereocenters. The summed E-state index contributed by atoms with van der Waals surface area (Å²) in [5, 5.41) is 9.17. The number of anilines is 4. The summed E-state index contributed by atoms with van der Waals surface area (Å²) >= 11 is 17.2. The van der Waals surface area contributed by atoms with Crippen LogP contribution in [0, 0.1) is 0 Å². The van der Waals surface area contributed by atoms with E-state index in [9.17, 15) is 13.6 Å². The molecular formula is C18H18Cl2F2N4O2S. The normalized spacial score (nSPS) is 10.9. The third-order valence-corrected chi connectivity index (χ3v) is 4.34. The summed E-state index contributed by atoms with van der Waals surface area (Å²) in [6, 6.07) is 9.52. The molecule has 156 valence electrons. The molecule has 0 bridgehead atoms. The first-order valence-electron chi connectivity index (χ1n) is 8.34. The number of benzene rings is 2. The van der Waals surface area contributed by atoms with Gasteiger partial charge in [-0.1, -0.05) is 29.3 Å². The lowest BCUT2D eigenvalue weighted by Gasteiger charge is -2.20. The molecule has 2 aromatic carbocycles. The fourth-order valence-corrected chi connectivity index (χ4v) is 2.92. The molecule has 0 saturated carbocycles. The molecule has 0 fully saturated rings. The van der Waals surface area contributed by atoms with E-state index in [2.05, 4.69) is 20.7 Å². The molecule has 11 heteroatoms. The van der Waals surface area contributed by atoms with E-state index < -0.39 is 18.4 Å². The lowest BCUT2D eigenvalue weighted by molar-refractivity contribution is -0.169. The number of carbonyl (C=O) groups excluding carboxylic acids is 1. The van der Waals surface area contributed by atoms with Crippen LogP contribution >= 0.6 is 35.4 Å². The van der Waals surface area contributed by atoms with Crippen LogP contribution < -0.4 is 21.7 Å². The van der Waals surface area contributed by atoms with E-state index in [4.69, 9.17) is 41.2 Å². The molecule has 0 unspecified atom stereocenters. The molecule has 29 heavy (non-hydrogen) atoms. The molecule has 0 amide bonds. The Hall–Kier alpha value is -2.36. The van der Waals surface area contributed by atoms with Crippen LogP contribution in [0.4, 0.5) is 31.5 Å². The van der Waals surface area contributed by atoms with Gasteiger partial charge in [-0.25, -0.2) is 4.79 Å². The minimum Gasteiger partial charge on any atom is -0.462 e. The summed E-state index contributed by atoms with van der Waals surface area (Å²) in [5.41, 5.74) is 7.06. The van der Waals surface area contributed by atoms with Crippen molar-refractivity contribution in [2.75, 3.05) is 34.8 Å². The second-order valence-corrected chi connectivity index (χ2v) is 7.00. The van der Waals surface area contributed by atoms with E-state index in [0.29, 0.717) is 21.4 Å².